The van der Waals surface area contributed by atoms with E-state index >= 15 is 0 Å². The third kappa shape index (κ3) is 2.43. The molecule has 100 valence electrons. The first-order valence-corrected chi connectivity index (χ1v) is 7.08. The van der Waals surface area contributed by atoms with E-state index in [1.54, 1.807) is 18.5 Å². The van der Waals surface area contributed by atoms with Gasteiger partial charge in [-0.1, -0.05) is 0 Å². The van der Waals surface area contributed by atoms with Crippen LogP contribution in [0.2, 0.25) is 0 Å². The highest BCUT2D eigenvalue weighted by Gasteiger charge is 2.38. The molecule has 0 amide bonds. The van der Waals surface area contributed by atoms with Crippen LogP contribution in [-0.4, -0.2) is 35.6 Å². The quantitative estimate of drug-likeness (QED) is 0.901. The van der Waals surface area contributed by atoms with E-state index in [0.29, 0.717) is 5.56 Å². The van der Waals surface area contributed by atoms with Crippen LogP contribution in [0.25, 0.3) is 0 Å². The molecule has 0 radical (unpaired) electrons. The molecule has 2 aliphatic rings. The molecule has 2 bridgehead atoms. The summed E-state index contributed by atoms with van der Waals surface area (Å²) < 4.78 is 0. The first-order chi connectivity index (χ1) is 9.28. The Labute approximate surface area is 114 Å². The molecule has 3 rings (SSSR count). The molecule has 2 aliphatic heterocycles. The summed E-state index contributed by atoms with van der Waals surface area (Å²) in [4.78, 5) is 6.65. The average Bonchev–Trinajstić information content (AvgIpc) is 2.67. The summed E-state index contributed by atoms with van der Waals surface area (Å²) >= 11 is 0. The molecule has 3 heterocycles. The minimum Gasteiger partial charge on any atom is -0.382 e. The number of piperidine rings is 1. The van der Waals surface area contributed by atoms with Gasteiger partial charge in [0.25, 0.3) is 0 Å². The van der Waals surface area contributed by atoms with Gasteiger partial charge in [-0.05, 0) is 44.7 Å². The number of aromatic nitrogens is 1. The van der Waals surface area contributed by atoms with Crippen LogP contribution >= 0.6 is 0 Å². The lowest BCUT2D eigenvalue weighted by molar-refractivity contribution is 0.139. The molecule has 0 spiro atoms. The predicted molar refractivity (Wildman–Crippen MR) is 74.7 cm³/mol. The molecular weight excluding hydrogens is 236 g/mol. The van der Waals surface area contributed by atoms with E-state index in [4.69, 9.17) is 5.26 Å². The maximum absolute atomic E-state index is 9.06. The normalized spacial score (nSPS) is 30.0. The molecule has 0 aromatic carbocycles. The van der Waals surface area contributed by atoms with E-state index in [1.807, 2.05) is 0 Å². The largest absolute Gasteiger partial charge is 0.382 e. The van der Waals surface area contributed by atoms with Gasteiger partial charge >= 0.3 is 0 Å². The van der Waals surface area contributed by atoms with Gasteiger partial charge in [-0.2, -0.15) is 5.26 Å². The fraction of sp³-hybridized carbons (Fsp3) is 0.600. The van der Waals surface area contributed by atoms with Crippen molar-refractivity contribution in [2.45, 2.75) is 37.8 Å². The summed E-state index contributed by atoms with van der Waals surface area (Å²) in [5.74, 6) is 0.723. The van der Waals surface area contributed by atoms with Gasteiger partial charge in [0.1, 0.15) is 6.07 Å². The topological polar surface area (TPSA) is 52.0 Å². The number of pyridine rings is 1. The van der Waals surface area contributed by atoms with Gasteiger partial charge in [0.05, 0.1) is 17.4 Å². The summed E-state index contributed by atoms with van der Waals surface area (Å²) in [6, 6.07) is 5.52. The lowest BCUT2D eigenvalue weighted by atomic mass is 9.91. The van der Waals surface area contributed by atoms with E-state index in [1.165, 1.54) is 25.7 Å². The van der Waals surface area contributed by atoms with Crippen molar-refractivity contribution < 1.29 is 0 Å². The SMILES string of the molecule is CN1C2CCC1CC(CNc1cnccc1C#N)C2. The van der Waals surface area contributed by atoms with Crippen LogP contribution in [0.15, 0.2) is 18.5 Å². The molecule has 1 aromatic rings. The van der Waals surface area contributed by atoms with Gasteiger partial charge < -0.3 is 10.2 Å². The van der Waals surface area contributed by atoms with Crippen LogP contribution in [0.1, 0.15) is 31.2 Å². The number of rotatable bonds is 3. The van der Waals surface area contributed by atoms with Crippen molar-refractivity contribution in [3.8, 4) is 6.07 Å². The number of nitrogens with one attached hydrogen (secondary N) is 1. The maximum atomic E-state index is 9.06. The van der Waals surface area contributed by atoms with Crippen LogP contribution in [0.3, 0.4) is 0 Å². The highest BCUT2D eigenvalue weighted by atomic mass is 15.2. The molecular formula is C15H20N4. The number of fused-ring (bicyclic) bond motifs is 2. The van der Waals surface area contributed by atoms with Crippen molar-refractivity contribution in [1.29, 1.82) is 5.26 Å². The molecule has 2 atom stereocenters. The van der Waals surface area contributed by atoms with Crippen molar-refractivity contribution in [2.24, 2.45) is 5.92 Å². The third-order valence-electron chi connectivity index (χ3n) is 4.72. The molecule has 19 heavy (non-hydrogen) atoms. The summed E-state index contributed by atoms with van der Waals surface area (Å²) in [7, 11) is 2.26. The van der Waals surface area contributed by atoms with Gasteiger partial charge in [-0.15, -0.1) is 0 Å². The van der Waals surface area contributed by atoms with Gasteiger partial charge in [-0.25, -0.2) is 0 Å². The summed E-state index contributed by atoms with van der Waals surface area (Å²) in [6.07, 6.45) is 8.69. The second-order valence-electron chi connectivity index (χ2n) is 5.80. The zero-order valence-electron chi connectivity index (χ0n) is 11.3. The van der Waals surface area contributed by atoms with Crippen LogP contribution in [-0.2, 0) is 0 Å². The van der Waals surface area contributed by atoms with E-state index in [2.05, 4.69) is 28.3 Å². The average molecular weight is 256 g/mol. The second kappa shape index (κ2) is 5.18. The van der Waals surface area contributed by atoms with E-state index < -0.39 is 0 Å². The lowest BCUT2D eigenvalue weighted by Gasteiger charge is -2.36. The van der Waals surface area contributed by atoms with Crippen molar-refractivity contribution in [2.75, 3.05) is 18.9 Å². The molecule has 4 nitrogen and oxygen atoms in total. The van der Waals surface area contributed by atoms with Crippen LogP contribution in [0.4, 0.5) is 5.69 Å². The first kappa shape index (κ1) is 12.4. The van der Waals surface area contributed by atoms with Gasteiger partial charge in [0.15, 0.2) is 0 Å². The number of hydrogen-bond acceptors (Lipinski definition) is 4. The first-order valence-electron chi connectivity index (χ1n) is 7.08. The monoisotopic (exact) mass is 256 g/mol. The molecule has 1 N–H and O–H groups in total. The Balaban J connectivity index is 1.60. The summed E-state index contributed by atoms with van der Waals surface area (Å²) in [6.45, 7) is 0.960. The van der Waals surface area contributed by atoms with Gasteiger partial charge in [0, 0.05) is 24.8 Å². The molecule has 0 aliphatic carbocycles. The van der Waals surface area contributed by atoms with Crippen LogP contribution < -0.4 is 5.32 Å². The Morgan fingerprint density at radius 2 is 2.16 bits per heavy atom. The number of anilines is 1. The summed E-state index contributed by atoms with van der Waals surface area (Å²) in [5.41, 5.74) is 1.56. The van der Waals surface area contributed by atoms with Crippen molar-refractivity contribution >= 4 is 5.69 Å². The Kier molecular flexibility index (Phi) is 3.39. The molecule has 2 fully saturated rings. The van der Waals surface area contributed by atoms with Crippen molar-refractivity contribution in [1.82, 2.24) is 9.88 Å². The van der Waals surface area contributed by atoms with Gasteiger partial charge in [0.2, 0.25) is 0 Å². The zero-order valence-corrected chi connectivity index (χ0v) is 11.3. The smallest absolute Gasteiger partial charge is 0.101 e. The fourth-order valence-electron chi connectivity index (χ4n) is 3.58. The Bertz CT molecular complexity index is 479. The lowest BCUT2D eigenvalue weighted by Crippen LogP contribution is -2.41. The minimum atomic E-state index is 0.686. The van der Waals surface area contributed by atoms with Gasteiger partial charge in [-0.3, -0.25) is 4.98 Å². The second-order valence-corrected chi connectivity index (χ2v) is 5.80. The molecule has 1 aromatic heterocycles. The minimum absolute atomic E-state index is 0.686. The Hall–Kier alpha value is -1.60. The molecule has 4 heteroatoms. The van der Waals surface area contributed by atoms with Crippen molar-refractivity contribution in [3.05, 3.63) is 24.0 Å². The number of nitriles is 1. The highest BCUT2D eigenvalue weighted by Crippen LogP contribution is 2.37. The standard InChI is InChI=1S/C15H20N4/c1-19-13-2-3-14(19)7-11(6-13)9-18-15-10-17-5-4-12(15)8-16/h4-5,10-11,13-14,18H,2-3,6-7,9H2,1H3. The Morgan fingerprint density at radius 3 is 2.84 bits per heavy atom. The number of nitrogens with zero attached hydrogens (tertiary/aromatic N) is 3. The van der Waals surface area contributed by atoms with Crippen LogP contribution in [0, 0.1) is 17.2 Å². The van der Waals surface area contributed by atoms with E-state index in [9.17, 15) is 0 Å². The molecule has 0 saturated carbocycles. The Morgan fingerprint density at radius 1 is 1.42 bits per heavy atom. The molecule has 2 unspecified atom stereocenters. The molecule has 2 saturated heterocycles. The fourth-order valence-corrected chi connectivity index (χ4v) is 3.58. The van der Waals surface area contributed by atoms with Crippen molar-refractivity contribution in [3.63, 3.8) is 0 Å². The summed E-state index contributed by atoms with van der Waals surface area (Å²) in [5, 5.41) is 12.5. The maximum Gasteiger partial charge on any atom is 0.101 e. The third-order valence-corrected chi connectivity index (χ3v) is 4.72. The predicted octanol–water partition coefficient (Wildman–Crippen LogP) is 2.24. The number of hydrogen-bond donors (Lipinski definition) is 1. The van der Waals surface area contributed by atoms with E-state index in [-0.39, 0.29) is 0 Å². The van der Waals surface area contributed by atoms with Crippen LogP contribution in [0.5, 0.6) is 0 Å². The highest BCUT2D eigenvalue weighted by molar-refractivity contribution is 5.55. The van der Waals surface area contributed by atoms with E-state index in [0.717, 1.165) is 30.2 Å². The zero-order chi connectivity index (χ0) is 13.2.